The maximum absolute atomic E-state index is 13.0. The summed E-state index contributed by atoms with van der Waals surface area (Å²) in [5, 5.41) is 5.38. The molecule has 2 aliphatic rings. The van der Waals surface area contributed by atoms with Gasteiger partial charge < -0.3 is 14.8 Å². The number of hydrogen-bond acceptors (Lipinski definition) is 3. The molecule has 0 unspecified atom stereocenters. The Balaban J connectivity index is 1.40. The van der Waals surface area contributed by atoms with Gasteiger partial charge in [0, 0.05) is 30.5 Å². The van der Waals surface area contributed by atoms with Crippen molar-refractivity contribution in [1.82, 2.24) is 24.6 Å². The highest BCUT2D eigenvalue weighted by molar-refractivity contribution is 5.98. The van der Waals surface area contributed by atoms with Crippen LogP contribution in [-0.2, 0) is 13.1 Å². The Morgan fingerprint density at radius 2 is 2.04 bits per heavy atom. The molecule has 7 heteroatoms. The van der Waals surface area contributed by atoms with Crippen molar-refractivity contribution in [2.24, 2.45) is 0 Å². The van der Waals surface area contributed by atoms with Gasteiger partial charge in [-0.2, -0.15) is 5.10 Å². The maximum atomic E-state index is 13.0. The first-order valence-corrected chi connectivity index (χ1v) is 9.30. The Morgan fingerprint density at radius 3 is 2.81 bits per heavy atom. The molecule has 138 valence electrons. The third-order valence-corrected chi connectivity index (χ3v) is 5.56. The van der Waals surface area contributed by atoms with Crippen molar-refractivity contribution in [3.63, 3.8) is 0 Å². The topological polar surface area (TPSA) is 74.2 Å². The van der Waals surface area contributed by atoms with Crippen LogP contribution in [0, 0.1) is 0 Å². The molecule has 0 bridgehead atoms. The molecule has 1 aliphatic heterocycles. The molecular weight excluding hydrogens is 342 g/mol. The Bertz CT molecular complexity index is 1010. The molecule has 3 heterocycles. The van der Waals surface area contributed by atoms with Crippen molar-refractivity contribution in [3.05, 3.63) is 53.5 Å². The molecule has 3 aromatic rings. The lowest BCUT2D eigenvalue weighted by molar-refractivity contribution is 0.0690. The minimum Gasteiger partial charge on any atom is -0.351 e. The van der Waals surface area contributed by atoms with E-state index < -0.39 is 0 Å². The number of aromatic amines is 1. The highest BCUT2D eigenvalue weighted by atomic mass is 16.2. The predicted molar refractivity (Wildman–Crippen MR) is 100 cm³/mol. The number of fused-ring (bicyclic) bond motifs is 2. The number of nitrogens with one attached hydrogen (secondary N) is 1. The van der Waals surface area contributed by atoms with Gasteiger partial charge in [0.2, 0.25) is 0 Å². The molecule has 1 N–H and O–H groups in total. The summed E-state index contributed by atoms with van der Waals surface area (Å²) in [6.45, 7) is 1.57. The average Bonchev–Trinajstić information content (AvgIpc) is 3.31. The first-order chi connectivity index (χ1) is 13.1. The number of rotatable bonds is 3. The van der Waals surface area contributed by atoms with Crippen LogP contribution in [0.2, 0.25) is 0 Å². The molecule has 2 amide bonds. The van der Waals surface area contributed by atoms with Gasteiger partial charge >= 0.3 is 0 Å². The fourth-order valence-corrected chi connectivity index (χ4v) is 3.77. The smallest absolute Gasteiger partial charge is 0.270 e. The predicted octanol–water partition coefficient (Wildman–Crippen LogP) is 2.25. The molecule has 1 saturated carbocycles. The van der Waals surface area contributed by atoms with Crippen LogP contribution in [0.4, 0.5) is 0 Å². The Hall–Kier alpha value is -3.09. The molecule has 7 nitrogen and oxygen atoms in total. The van der Waals surface area contributed by atoms with Crippen LogP contribution in [0.3, 0.4) is 0 Å². The summed E-state index contributed by atoms with van der Waals surface area (Å²) in [5.41, 5.74) is 2.96. The van der Waals surface area contributed by atoms with E-state index in [2.05, 4.69) is 10.1 Å². The lowest BCUT2D eigenvalue weighted by Crippen LogP contribution is -2.39. The van der Waals surface area contributed by atoms with Crippen molar-refractivity contribution < 1.29 is 9.59 Å². The van der Waals surface area contributed by atoms with Gasteiger partial charge in [0.05, 0.1) is 30.5 Å². The summed E-state index contributed by atoms with van der Waals surface area (Å²) in [7, 11) is 1.85. The van der Waals surface area contributed by atoms with Crippen molar-refractivity contribution >= 4 is 22.7 Å². The second-order valence-corrected chi connectivity index (χ2v) is 7.37. The molecule has 0 radical (unpaired) electrons. The van der Waals surface area contributed by atoms with Crippen LogP contribution < -0.4 is 0 Å². The van der Waals surface area contributed by atoms with E-state index in [1.54, 1.807) is 16.0 Å². The van der Waals surface area contributed by atoms with Gasteiger partial charge in [0.25, 0.3) is 11.8 Å². The Morgan fingerprint density at radius 1 is 1.22 bits per heavy atom. The van der Waals surface area contributed by atoms with E-state index in [0.29, 0.717) is 36.9 Å². The largest absolute Gasteiger partial charge is 0.351 e. The second kappa shape index (κ2) is 5.97. The number of aromatic nitrogens is 3. The molecule has 0 saturated heterocycles. The molecule has 1 aromatic carbocycles. The zero-order chi connectivity index (χ0) is 18.5. The summed E-state index contributed by atoms with van der Waals surface area (Å²) in [6, 6.07) is 10.1. The number of H-pyrrole nitrogens is 1. The number of nitrogens with zero attached hydrogens (tertiary/aromatic N) is 4. The summed E-state index contributed by atoms with van der Waals surface area (Å²) in [5.74, 6) is -0.0498. The maximum Gasteiger partial charge on any atom is 0.270 e. The summed E-state index contributed by atoms with van der Waals surface area (Å²) < 4.78 is 1.85. The van der Waals surface area contributed by atoms with Gasteiger partial charge in [-0.3, -0.25) is 14.3 Å². The highest BCUT2D eigenvalue weighted by Gasteiger charge is 2.34. The van der Waals surface area contributed by atoms with Crippen LogP contribution in [0.25, 0.3) is 10.9 Å². The molecule has 0 atom stereocenters. The van der Waals surface area contributed by atoms with Gasteiger partial charge in [-0.25, -0.2) is 0 Å². The van der Waals surface area contributed by atoms with E-state index in [0.717, 1.165) is 29.4 Å². The van der Waals surface area contributed by atoms with Crippen LogP contribution in [-0.4, -0.2) is 56.0 Å². The zero-order valence-electron chi connectivity index (χ0n) is 15.2. The standard InChI is InChI=1S/C20H21N5O2/c1-23(14-6-7-14)19(26)15-11-21-25-9-8-24(12-18(15)25)20(27)17-10-13-4-2-3-5-16(13)22-17/h2-5,10-11,14,22H,6-9,12H2,1H3. The first kappa shape index (κ1) is 16.1. The lowest BCUT2D eigenvalue weighted by atomic mass is 10.1. The van der Waals surface area contributed by atoms with Crippen molar-refractivity contribution in [3.8, 4) is 0 Å². The fourth-order valence-electron chi connectivity index (χ4n) is 3.77. The third kappa shape index (κ3) is 2.70. The third-order valence-electron chi connectivity index (χ3n) is 5.56. The van der Waals surface area contributed by atoms with Crippen LogP contribution in [0.15, 0.2) is 36.5 Å². The van der Waals surface area contributed by atoms with Crippen LogP contribution >= 0.6 is 0 Å². The lowest BCUT2D eigenvalue weighted by Gasteiger charge is -2.28. The Kier molecular flexibility index (Phi) is 3.56. The zero-order valence-corrected chi connectivity index (χ0v) is 15.2. The normalized spacial score (nSPS) is 16.4. The number of carbonyl (C=O) groups is 2. The van der Waals surface area contributed by atoms with E-state index in [1.165, 1.54) is 0 Å². The van der Waals surface area contributed by atoms with Gasteiger partial charge in [-0.1, -0.05) is 18.2 Å². The number of carbonyl (C=O) groups excluding carboxylic acids is 2. The number of para-hydroxylation sites is 1. The molecule has 5 rings (SSSR count). The van der Waals surface area contributed by atoms with Gasteiger partial charge in [0.15, 0.2) is 0 Å². The van der Waals surface area contributed by atoms with Crippen LogP contribution in [0.1, 0.15) is 39.4 Å². The summed E-state index contributed by atoms with van der Waals surface area (Å²) in [4.78, 5) is 32.6. The quantitative estimate of drug-likeness (QED) is 0.776. The molecule has 1 fully saturated rings. The van der Waals surface area contributed by atoms with Gasteiger partial charge in [0.1, 0.15) is 5.69 Å². The molecule has 0 spiro atoms. The molecule has 27 heavy (non-hydrogen) atoms. The minimum atomic E-state index is -0.0485. The second-order valence-electron chi connectivity index (χ2n) is 7.37. The number of amides is 2. The van der Waals surface area contributed by atoms with E-state index in [1.807, 2.05) is 42.1 Å². The van der Waals surface area contributed by atoms with E-state index in [4.69, 9.17) is 0 Å². The highest BCUT2D eigenvalue weighted by Crippen LogP contribution is 2.28. The summed E-state index contributed by atoms with van der Waals surface area (Å²) >= 11 is 0. The van der Waals surface area contributed by atoms with Crippen molar-refractivity contribution in [1.29, 1.82) is 0 Å². The molecule has 1 aliphatic carbocycles. The van der Waals surface area contributed by atoms with Crippen molar-refractivity contribution in [2.45, 2.75) is 32.0 Å². The fraction of sp³-hybridized carbons (Fsp3) is 0.350. The first-order valence-electron chi connectivity index (χ1n) is 9.30. The van der Waals surface area contributed by atoms with Crippen molar-refractivity contribution in [2.75, 3.05) is 13.6 Å². The Labute approximate surface area is 156 Å². The van der Waals surface area contributed by atoms with E-state index in [9.17, 15) is 9.59 Å². The van der Waals surface area contributed by atoms with E-state index in [-0.39, 0.29) is 11.8 Å². The van der Waals surface area contributed by atoms with Gasteiger partial charge in [-0.05, 0) is 25.0 Å². The molecular formula is C20H21N5O2. The minimum absolute atomic E-state index is 0.00124. The van der Waals surface area contributed by atoms with Crippen LogP contribution in [0.5, 0.6) is 0 Å². The average molecular weight is 363 g/mol. The molecule has 2 aromatic heterocycles. The number of hydrogen-bond donors (Lipinski definition) is 1. The summed E-state index contributed by atoms with van der Waals surface area (Å²) in [6.07, 6.45) is 3.78. The van der Waals surface area contributed by atoms with Gasteiger partial charge in [-0.15, -0.1) is 0 Å². The number of benzene rings is 1. The monoisotopic (exact) mass is 363 g/mol. The van der Waals surface area contributed by atoms with E-state index >= 15 is 0 Å². The SMILES string of the molecule is CN(C(=O)c1cnn2c1CN(C(=O)c1cc3ccccc3[nH]1)CC2)C1CC1.